The van der Waals surface area contributed by atoms with E-state index in [0.29, 0.717) is 34.5 Å². The van der Waals surface area contributed by atoms with Gasteiger partial charge < -0.3 is 57.3 Å². The van der Waals surface area contributed by atoms with Crippen LogP contribution in [0.25, 0.3) is 64.6 Å². The smallest absolute Gasteiger partial charge is 0.320 e. The zero-order valence-corrected chi connectivity index (χ0v) is 63.9. The van der Waals surface area contributed by atoms with Crippen LogP contribution in [0.3, 0.4) is 0 Å². The Kier molecular flexibility index (Phi) is 30.0. The lowest BCUT2D eigenvalue weighted by molar-refractivity contribution is -0.152. The Morgan fingerprint density at radius 3 is 0.548 bits per heavy atom. The summed E-state index contributed by atoms with van der Waals surface area (Å²) >= 11 is 0. The van der Waals surface area contributed by atoms with Crippen molar-refractivity contribution in [3.05, 3.63) is 255 Å². The number of carbonyl (C=O) groups is 9. The van der Waals surface area contributed by atoms with E-state index in [9.17, 15) is 43.2 Å². The van der Waals surface area contributed by atoms with Crippen LogP contribution < -0.4 is 28.4 Å². The molecule has 115 heavy (non-hydrogen) atoms. The lowest BCUT2D eigenvalue weighted by atomic mass is 10.1. The first kappa shape index (κ1) is 81.7. The average molecular weight is 1550 g/mol. The van der Waals surface area contributed by atoms with Crippen LogP contribution in [0.1, 0.15) is 57.8 Å². The number of benzene rings is 12. The molecule has 12 aromatic carbocycles. The molecule has 0 spiro atoms. The average Bonchev–Trinajstić information content (AvgIpc) is 0.870. The van der Waals surface area contributed by atoms with E-state index in [0.717, 1.165) is 64.6 Å². The summed E-state index contributed by atoms with van der Waals surface area (Å²) in [5.74, 6) is -3.01. The van der Waals surface area contributed by atoms with Crippen molar-refractivity contribution in [1.29, 1.82) is 0 Å². The van der Waals surface area contributed by atoms with Gasteiger partial charge in [-0.3, -0.25) is 48.1 Å². The first-order valence-corrected chi connectivity index (χ1v) is 38.6. The molecule has 0 radical (unpaired) electrons. The second-order valence-electron chi connectivity index (χ2n) is 27.8. The van der Waals surface area contributed by atoms with E-state index >= 15 is 0 Å². The Bertz CT molecular complexity index is 4580. The Morgan fingerprint density at radius 1 is 0.191 bits per heavy atom. The van der Waals surface area contributed by atoms with Gasteiger partial charge in [-0.15, -0.1) is 0 Å². The molecule has 0 N–H and O–H groups in total. The molecule has 22 heteroatoms. The van der Waals surface area contributed by atoms with Gasteiger partial charge >= 0.3 is 53.7 Å². The highest BCUT2D eigenvalue weighted by molar-refractivity contribution is 5.90. The zero-order valence-electron chi connectivity index (χ0n) is 63.9. The molecule has 0 aliphatic carbocycles. The summed E-state index contributed by atoms with van der Waals surface area (Å²) in [6.45, 7) is -0.114. The fourth-order valence-electron chi connectivity index (χ4n) is 13.3. The minimum absolute atomic E-state index is 0.0367. The van der Waals surface area contributed by atoms with Crippen molar-refractivity contribution in [3.8, 4) is 34.5 Å². The van der Waals surface area contributed by atoms with Crippen LogP contribution in [0.4, 0.5) is 0 Å². The number of hydrogen-bond acceptors (Lipinski definition) is 22. The Hall–Kier alpha value is -12.7. The molecule has 590 valence electrons. The van der Waals surface area contributed by atoms with Crippen LogP contribution in [0, 0.1) is 0 Å². The second-order valence-corrected chi connectivity index (χ2v) is 27.8. The van der Waals surface area contributed by atoms with E-state index in [-0.39, 0.29) is 137 Å². The highest BCUT2D eigenvalue weighted by atomic mass is 16.6. The minimum atomic E-state index is -0.784. The second kappa shape index (κ2) is 42.2. The molecule has 0 fully saturated rings. The third kappa shape index (κ3) is 26.4. The van der Waals surface area contributed by atoms with Gasteiger partial charge in [0.05, 0.1) is 78.0 Å². The first-order chi connectivity index (χ1) is 56.1. The molecule has 0 aromatic heterocycles. The van der Waals surface area contributed by atoms with Crippen molar-refractivity contribution in [2.24, 2.45) is 0 Å². The number of esters is 9. The van der Waals surface area contributed by atoms with E-state index in [1.54, 1.807) is 72.8 Å². The summed E-state index contributed by atoms with van der Waals surface area (Å²) in [5.41, 5.74) is 0. The lowest BCUT2D eigenvalue weighted by Crippen LogP contribution is -2.40. The molecule has 12 aromatic rings. The van der Waals surface area contributed by atoms with E-state index in [2.05, 4.69) is 0 Å². The molecule has 0 bridgehead atoms. The largest absolute Gasteiger partial charge is 0.465 e. The quantitative estimate of drug-likeness (QED) is 0.0149. The summed E-state index contributed by atoms with van der Waals surface area (Å²) in [6, 6.07) is 78.5. The number of ether oxygens (including phenoxy) is 9. The van der Waals surface area contributed by atoms with Crippen molar-refractivity contribution >= 4 is 118 Å². The van der Waals surface area contributed by atoms with Gasteiger partial charge in [-0.2, -0.15) is 0 Å². The van der Waals surface area contributed by atoms with E-state index in [1.165, 1.54) is 4.90 Å². The molecular weight excluding hydrogens is 1460 g/mol. The molecule has 0 aliphatic heterocycles. The Morgan fingerprint density at radius 2 is 0.365 bits per heavy atom. The van der Waals surface area contributed by atoms with Gasteiger partial charge in [-0.25, -0.2) is 0 Å². The maximum absolute atomic E-state index is 13.9. The monoisotopic (exact) mass is 1550 g/mol. The van der Waals surface area contributed by atoms with Gasteiger partial charge in [0.1, 0.15) is 34.5 Å². The summed E-state index contributed by atoms with van der Waals surface area (Å²) < 4.78 is 51.6. The van der Waals surface area contributed by atoms with Crippen LogP contribution in [-0.2, 0) is 57.4 Å². The molecule has 0 atom stereocenters. The van der Waals surface area contributed by atoms with Crippen LogP contribution in [0.2, 0.25) is 0 Å². The molecular formula is C93H90N4O18. The highest BCUT2D eigenvalue weighted by Gasteiger charge is 2.24. The van der Waals surface area contributed by atoms with Crippen molar-refractivity contribution in [2.75, 3.05) is 98.4 Å². The summed E-state index contributed by atoms with van der Waals surface area (Å²) in [5, 5.41) is 11.3. The van der Waals surface area contributed by atoms with Crippen molar-refractivity contribution in [3.63, 3.8) is 0 Å². The number of rotatable bonds is 42. The van der Waals surface area contributed by atoms with Gasteiger partial charge in [0.15, 0.2) is 0 Å². The van der Waals surface area contributed by atoms with E-state index in [4.69, 9.17) is 42.6 Å². The van der Waals surface area contributed by atoms with Crippen LogP contribution >= 0.6 is 0 Å². The summed E-state index contributed by atoms with van der Waals surface area (Å²) in [6.07, 6.45) is 0.524. The van der Waals surface area contributed by atoms with Gasteiger partial charge in [-0.05, 0) is 157 Å². The number of hydrogen-bond donors (Lipinski definition) is 0. The van der Waals surface area contributed by atoms with Crippen LogP contribution in [0.15, 0.2) is 255 Å². The zero-order chi connectivity index (χ0) is 79.9. The molecule has 0 heterocycles. The van der Waals surface area contributed by atoms with E-state index in [1.807, 2.05) is 197 Å². The van der Waals surface area contributed by atoms with Gasteiger partial charge in [0.25, 0.3) is 0 Å². The van der Waals surface area contributed by atoms with Crippen LogP contribution in [-0.4, -0.2) is 172 Å². The fraction of sp³-hybridized carbons (Fsp3) is 0.258. The van der Waals surface area contributed by atoms with Crippen molar-refractivity contribution in [1.82, 2.24) is 19.6 Å². The molecule has 0 amide bonds. The third-order valence-corrected chi connectivity index (χ3v) is 19.2. The third-order valence-electron chi connectivity index (χ3n) is 19.2. The lowest BCUT2D eigenvalue weighted by Gasteiger charge is -2.23. The number of carbonyl (C=O) groups excluding carboxylic acids is 9. The molecule has 12 rings (SSSR count). The van der Waals surface area contributed by atoms with Crippen molar-refractivity contribution in [2.45, 2.75) is 57.8 Å². The summed E-state index contributed by atoms with van der Waals surface area (Å²) in [4.78, 5) is 129. The number of nitrogens with zero attached hydrogens (tertiary/aromatic N) is 4. The molecule has 0 unspecified atom stereocenters. The predicted octanol–water partition coefficient (Wildman–Crippen LogP) is 14.9. The maximum Gasteiger partial charge on any atom is 0.320 e. The Labute approximate surface area is 665 Å². The van der Waals surface area contributed by atoms with Gasteiger partial charge in [0, 0.05) is 58.9 Å². The van der Waals surface area contributed by atoms with E-state index < -0.39 is 73.4 Å². The van der Waals surface area contributed by atoms with Gasteiger partial charge in [-0.1, -0.05) is 182 Å². The first-order valence-electron chi connectivity index (χ1n) is 38.6. The molecule has 0 saturated heterocycles. The molecule has 0 aliphatic rings. The normalized spacial score (nSPS) is 11.4. The van der Waals surface area contributed by atoms with Crippen LogP contribution in [0.5, 0.6) is 34.5 Å². The predicted molar refractivity (Wildman–Crippen MR) is 438 cm³/mol. The SMILES string of the molecule is O=C(CN(CC(=O)OCCCN(CCC(=O)Oc1ccc2ccccc2c1)CCC(=O)Oc1ccc2ccccc2c1)CC(=O)OCCCN(CCC(=O)Oc1ccc2ccccc2c1)CCC(=O)Oc1ccc2ccccc2c1)OCCCN(CCC(=O)Oc1ccc2ccccc2c1)CCC(=O)Oc1ccc2ccccc2c1. The fourth-order valence-corrected chi connectivity index (χ4v) is 13.3. The van der Waals surface area contributed by atoms with Gasteiger partial charge in [0.2, 0.25) is 0 Å². The number of fused-ring (bicyclic) bond motifs is 6. The molecule has 22 nitrogen and oxygen atoms in total. The topological polar surface area (TPSA) is 250 Å². The minimum Gasteiger partial charge on any atom is -0.465 e. The Balaban J connectivity index is 0.671. The summed E-state index contributed by atoms with van der Waals surface area (Å²) in [7, 11) is 0. The standard InChI is InChI=1S/C93H90N4O18/c98-85(110-79-34-28-67-16-1-7-22-73(67)58-79)40-49-94(50-41-86(99)111-80-35-29-68-17-2-8-23-74(68)59-80)46-13-55-107-91(104)64-97(65-92(105)108-56-14-47-95(51-42-87(100)112-81-36-30-69-18-3-9-24-75(69)60-81)52-43-88(101)113-82-37-31-70-19-4-10-25-76(70)61-82)66-93(106)109-57-15-48-96(53-44-89(102)114-83-38-32-71-20-5-11-26-77(71)62-83)54-45-90(103)115-84-39-33-72-21-6-12-27-78(72)63-84/h1-12,16-39,58-63H,13-15,40-57,64-66H2. The molecule has 0 saturated carbocycles. The van der Waals surface area contributed by atoms with Crippen molar-refractivity contribution < 1.29 is 85.8 Å². The highest BCUT2D eigenvalue weighted by Crippen LogP contribution is 2.28. The maximum atomic E-state index is 13.9.